The standard InChI is InChI=1S/C23H29ClN5O6P.C20H29ClN5O6P.C17H25ClN5O6P/c24-23-27-20(26-15-8-4-5-9-15)17-12-25-29(21(17)28-23)22-18(30)11-16(35-22)13-34-19(36(31,32)33)10-14-6-2-1-3-7-14;21-20-24-17(23-12-3-1-2-4-12)14-9-22-26(18(14)25-20)19-15(27)8-13(32-19)10-31-16(33(28,29)30)7-11-5-6-11;1-9(30(25,26)27)28-8-11-6-13(24)16(29-11)23-15-12(7-19-23)14(21-17(18)22-15)20-10-4-2-3-5-10/h1-3,6-7,12,15-16,18-19,22,30H,4-5,8-11,13H2,(H,26,27,28)(H2,31,32,33);9,11-13,15-16,19,27H,1-8,10H2,(H,23,24,25)(H2,28,29,30);7,9-11,13,16,24H,2-6,8H2,1H3,(H,20,21,22)(H2,25,26,27)/t16-,18+,19?,22+;13-,15+,16?,19+;9?,11-,13+,16+/m000/s1. The molecule has 542 valence electrons. The van der Waals surface area contributed by atoms with Gasteiger partial charge in [-0.15, -0.1) is 0 Å². The first-order valence-corrected chi connectivity index (χ1v) is 39.5. The zero-order valence-electron chi connectivity index (χ0n) is 54.0. The Balaban J connectivity index is 0.000000142. The van der Waals surface area contributed by atoms with E-state index in [1.807, 2.05) is 6.07 Å². The topological polar surface area (TPSA) is 456 Å². The van der Waals surface area contributed by atoms with Crippen LogP contribution in [0.25, 0.3) is 33.1 Å². The summed E-state index contributed by atoms with van der Waals surface area (Å²) < 4.78 is 73.7. The number of rotatable bonds is 25. The lowest BCUT2D eigenvalue weighted by Gasteiger charge is -2.21. The number of anilines is 3. The quantitative estimate of drug-likeness (QED) is 0.0190. The van der Waals surface area contributed by atoms with Crippen LogP contribution in [0.2, 0.25) is 15.9 Å². The summed E-state index contributed by atoms with van der Waals surface area (Å²) >= 11 is 18.5. The van der Waals surface area contributed by atoms with Gasteiger partial charge < -0.3 is 89.1 Å². The molecule has 4 aliphatic carbocycles. The van der Waals surface area contributed by atoms with Gasteiger partial charge in [-0.25, -0.2) is 14.0 Å². The summed E-state index contributed by atoms with van der Waals surface area (Å²) in [5.74, 6) is -1.60. The Kier molecular flexibility index (Phi) is 24.0. The van der Waals surface area contributed by atoms with Crippen molar-refractivity contribution in [1.29, 1.82) is 0 Å². The first-order valence-electron chi connectivity index (χ1n) is 33.3. The van der Waals surface area contributed by atoms with Gasteiger partial charge in [0.15, 0.2) is 53.2 Å². The van der Waals surface area contributed by atoms with Crippen molar-refractivity contribution in [2.75, 3.05) is 35.8 Å². The zero-order valence-corrected chi connectivity index (χ0v) is 58.9. The molecule has 33 nitrogen and oxygen atoms in total. The lowest BCUT2D eigenvalue weighted by molar-refractivity contribution is -0.0716. The molecule has 99 heavy (non-hydrogen) atoms. The molecule has 12 N–H and O–H groups in total. The van der Waals surface area contributed by atoms with Gasteiger partial charge in [-0.1, -0.05) is 81.7 Å². The molecule has 12 atom stereocenters. The zero-order chi connectivity index (χ0) is 69.9. The highest BCUT2D eigenvalue weighted by Gasteiger charge is 2.43. The lowest BCUT2D eigenvalue weighted by atomic mass is 10.1. The Morgan fingerprint density at radius 3 is 1.17 bits per heavy atom. The Hall–Kier alpha value is -4.77. The number of halogens is 3. The first-order chi connectivity index (χ1) is 47.3. The molecule has 3 unspecified atom stereocenters. The molecule has 6 aromatic heterocycles. The minimum absolute atomic E-state index is 0.0283. The van der Waals surface area contributed by atoms with Crippen LogP contribution >= 0.6 is 57.6 Å². The van der Waals surface area contributed by atoms with E-state index in [4.69, 9.17) is 73.0 Å². The number of nitrogens with zero attached hydrogens (tertiary/aromatic N) is 12. The largest absolute Gasteiger partial charge is 0.388 e. The van der Waals surface area contributed by atoms with Crippen molar-refractivity contribution >= 4 is 108 Å². The fourth-order valence-electron chi connectivity index (χ4n) is 13.4. The Labute approximate surface area is 583 Å². The second-order valence-electron chi connectivity index (χ2n) is 26.4. The number of ether oxygens (including phenoxy) is 6. The summed E-state index contributed by atoms with van der Waals surface area (Å²) in [5, 5.41) is 57.5. The molecule has 14 rings (SSSR count). The number of hydrogen-bond donors (Lipinski definition) is 12. The van der Waals surface area contributed by atoms with Gasteiger partial charge >= 0.3 is 22.8 Å². The average molecular weight is 1500 g/mol. The number of aromatic nitrogens is 12. The van der Waals surface area contributed by atoms with Crippen molar-refractivity contribution in [2.24, 2.45) is 5.92 Å². The molecule has 0 amide bonds. The molecular formula is C60H83Cl3N15O18P3. The maximum absolute atomic E-state index is 12.0. The van der Waals surface area contributed by atoms with Crippen molar-refractivity contribution in [1.82, 2.24) is 59.2 Å². The molecule has 3 saturated heterocycles. The van der Waals surface area contributed by atoms with Crippen LogP contribution in [0.5, 0.6) is 0 Å². The smallest absolute Gasteiger partial charge is 0.354 e. The van der Waals surface area contributed by atoms with Crippen LogP contribution in [-0.2, 0) is 48.5 Å². The maximum Gasteiger partial charge on any atom is 0.354 e. The second-order valence-corrected chi connectivity index (χ2v) is 32.8. The maximum atomic E-state index is 12.0. The number of fused-ring (bicyclic) bond motifs is 3. The summed E-state index contributed by atoms with van der Waals surface area (Å²) in [4.78, 5) is 82.9. The van der Waals surface area contributed by atoms with Gasteiger partial charge in [0, 0.05) is 43.8 Å². The van der Waals surface area contributed by atoms with E-state index in [1.165, 1.54) is 59.5 Å². The molecule has 9 heterocycles. The number of benzene rings is 1. The number of aliphatic hydroxyl groups excluding tert-OH is 3. The summed E-state index contributed by atoms with van der Waals surface area (Å²) in [6.07, 6.45) is 14.4. The fraction of sp³-hybridized carbons (Fsp3) is 0.650. The van der Waals surface area contributed by atoms with Crippen LogP contribution in [0, 0.1) is 5.92 Å². The SMILES string of the molecule is CC(OC[C@@H]1C[C@@H](O)[C@H](n2ncc3c(NC4CCCC4)nc(Cl)nc32)O1)P(=O)(O)O.O=P(O)(O)C(CC1CC1)OC[C@@H]1C[C@@H](O)[C@H](n2ncc3c(NC4CCCC4)nc(Cl)nc32)O1.O=P(O)(O)C(Cc1ccccc1)OC[C@@H]1C[C@@H](O)[C@H](n2ncc3c(NC4CCCC4)nc(Cl)nc32)O1. The summed E-state index contributed by atoms with van der Waals surface area (Å²) in [6.45, 7) is 1.10. The van der Waals surface area contributed by atoms with Crippen LogP contribution in [0.1, 0.15) is 147 Å². The van der Waals surface area contributed by atoms with Gasteiger partial charge in [-0.2, -0.15) is 45.2 Å². The molecule has 3 aliphatic heterocycles. The molecule has 0 bridgehead atoms. The highest BCUT2D eigenvalue weighted by molar-refractivity contribution is 7.52. The van der Waals surface area contributed by atoms with Crippen LogP contribution in [0.15, 0.2) is 48.9 Å². The minimum atomic E-state index is -4.53. The Morgan fingerprint density at radius 1 is 0.495 bits per heavy atom. The highest BCUT2D eigenvalue weighted by atomic mass is 35.5. The molecular weight excluding hydrogens is 1420 g/mol. The normalized spacial score (nSPS) is 25.9. The van der Waals surface area contributed by atoms with Crippen molar-refractivity contribution in [3.05, 3.63) is 70.3 Å². The van der Waals surface area contributed by atoms with Gasteiger partial charge in [-0.05, 0) is 98.2 Å². The van der Waals surface area contributed by atoms with Crippen LogP contribution in [0.4, 0.5) is 17.5 Å². The third-order valence-corrected chi connectivity index (χ3v) is 22.6. The molecule has 0 spiro atoms. The van der Waals surface area contributed by atoms with Crippen molar-refractivity contribution < 1.29 is 86.8 Å². The minimum Gasteiger partial charge on any atom is -0.388 e. The Morgan fingerprint density at radius 2 is 0.838 bits per heavy atom. The second kappa shape index (κ2) is 32.1. The van der Waals surface area contributed by atoms with E-state index in [-0.39, 0.29) is 61.4 Å². The van der Waals surface area contributed by atoms with Crippen LogP contribution < -0.4 is 16.0 Å². The van der Waals surface area contributed by atoms with Crippen molar-refractivity contribution in [3.63, 3.8) is 0 Å². The van der Waals surface area contributed by atoms with E-state index < -0.39 is 95.6 Å². The predicted octanol–water partition coefficient (Wildman–Crippen LogP) is 8.07. The van der Waals surface area contributed by atoms with E-state index in [1.54, 1.807) is 42.9 Å². The first kappa shape index (κ1) is 74.0. The lowest BCUT2D eigenvalue weighted by Crippen LogP contribution is -2.24. The number of nitrogens with one attached hydrogen (secondary N) is 3. The number of hydrogen-bond acceptors (Lipinski definition) is 24. The van der Waals surface area contributed by atoms with E-state index in [0.29, 0.717) is 81.0 Å². The highest BCUT2D eigenvalue weighted by Crippen LogP contribution is 2.50. The van der Waals surface area contributed by atoms with E-state index in [0.717, 1.165) is 56.9 Å². The molecule has 39 heteroatoms. The van der Waals surface area contributed by atoms with Crippen molar-refractivity contribution in [2.45, 2.75) is 220 Å². The van der Waals surface area contributed by atoms with Crippen LogP contribution in [0.3, 0.4) is 0 Å². The molecule has 7 aliphatic rings. The summed E-state index contributed by atoms with van der Waals surface area (Å²) in [5.41, 5.74) is 2.06. The molecule has 1 aromatic carbocycles. The molecule has 7 aromatic rings. The van der Waals surface area contributed by atoms with E-state index >= 15 is 0 Å². The Bertz CT molecular complexity index is 4020. The van der Waals surface area contributed by atoms with Gasteiger partial charge in [-0.3, -0.25) is 13.7 Å². The van der Waals surface area contributed by atoms with Gasteiger partial charge in [0.25, 0.3) is 0 Å². The summed E-state index contributed by atoms with van der Waals surface area (Å²) in [7, 11) is -13.3. The predicted molar refractivity (Wildman–Crippen MR) is 361 cm³/mol. The van der Waals surface area contributed by atoms with Crippen LogP contribution in [-0.4, -0.2) is 196 Å². The third-order valence-electron chi connectivity index (χ3n) is 18.8. The molecule has 4 saturated carbocycles. The van der Waals surface area contributed by atoms with Crippen molar-refractivity contribution in [3.8, 4) is 0 Å². The van der Waals surface area contributed by atoms with E-state index in [2.05, 4.69) is 61.2 Å². The summed E-state index contributed by atoms with van der Waals surface area (Å²) in [6, 6.07) is 9.96. The fourth-order valence-corrected chi connectivity index (χ4v) is 15.7. The third kappa shape index (κ3) is 18.8. The van der Waals surface area contributed by atoms with Gasteiger partial charge in [0.1, 0.15) is 35.8 Å². The van der Waals surface area contributed by atoms with E-state index in [9.17, 15) is 48.6 Å². The number of aliphatic hydroxyl groups is 3. The van der Waals surface area contributed by atoms with Gasteiger partial charge in [0.05, 0.1) is 72.9 Å². The monoisotopic (exact) mass is 1500 g/mol. The molecule has 0 radical (unpaired) electrons. The molecule has 7 fully saturated rings. The van der Waals surface area contributed by atoms with Gasteiger partial charge in [0.2, 0.25) is 15.9 Å². The average Bonchev–Trinajstić information content (AvgIpc) is 1.65.